The Hall–Kier alpha value is -0.580. The number of rotatable bonds is 4. The fraction of sp³-hybridized carbons (Fsp3) is 0.400. The topological polar surface area (TPSA) is 60.2 Å². The molecule has 1 atom stereocenters. The molecule has 0 aliphatic rings. The summed E-state index contributed by atoms with van der Waals surface area (Å²) in [6, 6.07) is 6.87. The molecule has 1 rings (SSSR count). The first-order chi connectivity index (χ1) is 6.88. The van der Waals surface area contributed by atoms with Crippen LogP contribution >= 0.6 is 11.6 Å². The summed E-state index contributed by atoms with van der Waals surface area (Å²) in [6.07, 6.45) is 1.64. The molecule has 0 bridgehead atoms. The lowest BCUT2D eigenvalue weighted by atomic mass is 10.1. The van der Waals surface area contributed by atoms with Crippen LogP contribution < -0.4 is 5.73 Å². The van der Waals surface area contributed by atoms with E-state index in [0.717, 1.165) is 5.56 Å². The van der Waals surface area contributed by atoms with E-state index >= 15 is 0 Å². The molecule has 0 radical (unpaired) electrons. The summed E-state index contributed by atoms with van der Waals surface area (Å²) in [4.78, 5) is 0. The molecule has 1 aromatic rings. The summed E-state index contributed by atoms with van der Waals surface area (Å²) < 4.78 is 21.9. The highest BCUT2D eigenvalue weighted by Gasteiger charge is 2.09. The number of halogens is 1. The van der Waals surface area contributed by atoms with Crippen molar-refractivity contribution in [3.05, 3.63) is 34.9 Å². The minimum absolute atomic E-state index is 0.108. The summed E-state index contributed by atoms with van der Waals surface area (Å²) >= 11 is 5.73. The molecule has 5 heteroatoms. The van der Waals surface area contributed by atoms with Gasteiger partial charge in [-0.3, -0.25) is 0 Å². The molecular weight excluding hydrogens is 234 g/mol. The van der Waals surface area contributed by atoms with Crippen molar-refractivity contribution >= 4 is 21.4 Å². The highest BCUT2D eigenvalue weighted by molar-refractivity contribution is 7.90. The summed E-state index contributed by atoms with van der Waals surface area (Å²) in [6.45, 7) is 0. The second-order valence-electron chi connectivity index (χ2n) is 3.58. The molecule has 1 aromatic carbocycles. The van der Waals surface area contributed by atoms with Crippen molar-refractivity contribution in [2.75, 3.05) is 12.0 Å². The second kappa shape index (κ2) is 4.96. The Bertz CT molecular complexity index is 414. The Morgan fingerprint density at radius 2 is 1.87 bits per heavy atom. The number of sulfone groups is 1. The SMILES string of the molecule is CS(=O)(=O)CCC(N)c1ccc(Cl)cc1. The van der Waals surface area contributed by atoms with Gasteiger partial charge in [0, 0.05) is 17.3 Å². The first-order valence-corrected chi connectivity index (χ1v) is 7.01. The van der Waals surface area contributed by atoms with Crippen LogP contribution in [0.2, 0.25) is 5.02 Å². The van der Waals surface area contributed by atoms with Gasteiger partial charge >= 0.3 is 0 Å². The van der Waals surface area contributed by atoms with Gasteiger partial charge in [0.05, 0.1) is 5.75 Å². The molecule has 0 aliphatic carbocycles. The Morgan fingerprint density at radius 1 is 1.33 bits per heavy atom. The number of hydrogen-bond donors (Lipinski definition) is 1. The van der Waals surface area contributed by atoms with E-state index in [1.165, 1.54) is 6.26 Å². The number of nitrogens with two attached hydrogens (primary N) is 1. The van der Waals surface area contributed by atoms with Crippen molar-refractivity contribution in [2.24, 2.45) is 5.73 Å². The van der Waals surface area contributed by atoms with Crippen molar-refractivity contribution in [3.63, 3.8) is 0 Å². The van der Waals surface area contributed by atoms with Crippen LogP contribution in [0.3, 0.4) is 0 Å². The summed E-state index contributed by atoms with van der Waals surface area (Å²) in [5.41, 5.74) is 6.75. The predicted octanol–water partition coefficient (Wildman–Crippen LogP) is 1.77. The van der Waals surface area contributed by atoms with E-state index in [1.807, 2.05) is 12.1 Å². The smallest absolute Gasteiger partial charge is 0.147 e. The zero-order valence-corrected chi connectivity index (χ0v) is 10.1. The van der Waals surface area contributed by atoms with Crippen LogP contribution in [-0.4, -0.2) is 20.4 Å². The normalized spacial score (nSPS) is 13.8. The minimum Gasteiger partial charge on any atom is -0.324 e. The molecule has 1 unspecified atom stereocenters. The lowest BCUT2D eigenvalue weighted by molar-refractivity contribution is 0.592. The molecule has 0 heterocycles. The third-order valence-corrected chi connectivity index (χ3v) is 3.33. The maximum Gasteiger partial charge on any atom is 0.147 e. The standard InChI is InChI=1S/C10H14ClNO2S/c1-15(13,14)7-6-10(12)8-2-4-9(11)5-3-8/h2-5,10H,6-7,12H2,1H3. The zero-order valence-electron chi connectivity index (χ0n) is 8.48. The Morgan fingerprint density at radius 3 is 2.33 bits per heavy atom. The first-order valence-electron chi connectivity index (χ1n) is 4.57. The van der Waals surface area contributed by atoms with Gasteiger partial charge in [-0.2, -0.15) is 0 Å². The summed E-state index contributed by atoms with van der Waals surface area (Å²) in [7, 11) is -2.94. The Kier molecular flexibility index (Phi) is 4.13. The van der Waals surface area contributed by atoms with E-state index in [9.17, 15) is 8.42 Å². The largest absolute Gasteiger partial charge is 0.324 e. The maximum atomic E-state index is 10.9. The summed E-state index contributed by atoms with van der Waals surface area (Å²) in [5.74, 6) is 0.108. The molecule has 0 saturated heterocycles. The zero-order chi connectivity index (χ0) is 11.5. The van der Waals surface area contributed by atoms with Crippen molar-refractivity contribution in [1.29, 1.82) is 0 Å². The molecule has 3 nitrogen and oxygen atoms in total. The monoisotopic (exact) mass is 247 g/mol. The molecule has 0 aliphatic heterocycles. The first kappa shape index (κ1) is 12.5. The second-order valence-corrected chi connectivity index (χ2v) is 6.27. The average Bonchev–Trinajstić information content (AvgIpc) is 2.14. The highest BCUT2D eigenvalue weighted by Crippen LogP contribution is 2.17. The third kappa shape index (κ3) is 4.64. The molecule has 15 heavy (non-hydrogen) atoms. The van der Waals surface area contributed by atoms with Crippen LogP contribution in [0, 0.1) is 0 Å². The summed E-state index contributed by atoms with van der Waals surface area (Å²) in [5, 5.41) is 0.647. The van der Waals surface area contributed by atoms with E-state index in [4.69, 9.17) is 17.3 Å². The van der Waals surface area contributed by atoms with Crippen LogP contribution in [0.1, 0.15) is 18.0 Å². The highest BCUT2D eigenvalue weighted by atomic mass is 35.5. The Balaban J connectivity index is 2.61. The van der Waals surface area contributed by atoms with Gasteiger partial charge in [-0.05, 0) is 24.1 Å². The van der Waals surface area contributed by atoms with E-state index < -0.39 is 9.84 Å². The quantitative estimate of drug-likeness (QED) is 0.882. The van der Waals surface area contributed by atoms with Gasteiger partial charge in [0.2, 0.25) is 0 Å². The fourth-order valence-electron chi connectivity index (χ4n) is 1.22. The van der Waals surface area contributed by atoms with Crippen molar-refractivity contribution in [1.82, 2.24) is 0 Å². The molecule has 0 aromatic heterocycles. The van der Waals surface area contributed by atoms with Gasteiger partial charge in [-0.25, -0.2) is 8.42 Å². The molecule has 2 N–H and O–H groups in total. The van der Waals surface area contributed by atoms with Crippen LogP contribution in [0.4, 0.5) is 0 Å². The van der Waals surface area contributed by atoms with Crippen LogP contribution in [0.15, 0.2) is 24.3 Å². The molecule has 84 valence electrons. The third-order valence-electron chi connectivity index (χ3n) is 2.10. The lowest BCUT2D eigenvalue weighted by Crippen LogP contribution is -2.15. The molecule has 0 spiro atoms. The van der Waals surface area contributed by atoms with Gasteiger partial charge in [-0.15, -0.1) is 0 Å². The maximum absolute atomic E-state index is 10.9. The van der Waals surface area contributed by atoms with Crippen molar-refractivity contribution < 1.29 is 8.42 Å². The van der Waals surface area contributed by atoms with Crippen LogP contribution in [0.5, 0.6) is 0 Å². The molecule has 0 saturated carbocycles. The minimum atomic E-state index is -2.94. The van der Waals surface area contributed by atoms with E-state index in [1.54, 1.807) is 12.1 Å². The lowest BCUT2D eigenvalue weighted by Gasteiger charge is -2.10. The van der Waals surface area contributed by atoms with Gasteiger partial charge in [-0.1, -0.05) is 23.7 Å². The predicted molar refractivity (Wildman–Crippen MR) is 62.7 cm³/mol. The molecule has 0 fully saturated rings. The van der Waals surface area contributed by atoms with Crippen molar-refractivity contribution in [3.8, 4) is 0 Å². The van der Waals surface area contributed by atoms with E-state index in [0.29, 0.717) is 11.4 Å². The molecular formula is C10H14ClNO2S. The van der Waals surface area contributed by atoms with Crippen LogP contribution in [0.25, 0.3) is 0 Å². The van der Waals surface area contributed by atoms with Gasteiger partial charge < -0.3 is 5.73 Å². The van der Waals surface area contributed by atoms with Crippen LogP contribution in [-0.2, 0) is 9.84 Å². The number of benzene rings is 1. The number of hydrogen-bond acceptors (Lipinski definition) is 3. The van der Waals surface area contributed by atoms with E-state index in [-0.39, 0.29) is 11.8 Å². The van der Waals surface area contributed by atoms with Gasteiger partial charge in [0.15, 0.2) is 0 Å². The fourth-order valence-corrected chi connectivity index (χ4v) is 2.03. The van der Waals surface area contributed by atoms with Gasteiger partial charge in [0.1, 0.15) is 9.84 Å². The average molecular weight is 248 g/mol. The van der Waals surface area contributed by atoms with Crippen molar-refractivity contribution in [2.45, 2.75) is 12.5 Å². The Labute approximate surface area is 95.2 Å². The molecule has 0 amide bonds. The van der Waals surface area contributed by atoms with Gasteiger partial charge in [0.25, 0.3) is 0 Å². The van der Waals surface area contributed by atoms with E-state index in [2.05, 4.69) is 0 Å².